The van der Waals surface area contributed by atoms with Crippen LogP contribution in [0.25, 0.3) is 22.2 Å². The molecule has 6 aromatic carbocycles. The van der Waals surface area contributed by atoms with E-state index in [1.54, 1.807) is 91.0 Å². The lowest BCUT2D eigenvalue weighted by molar-refractivity contribution is -0.118. The summed E-state index contributed by atoms with van der Waals surface area (Å²) in [5.41, 5.74) is 40.6. The molecule has 8 aromatic rings. The average molecular weight is 1320 g/mol. The second kappa shape index (κ2) is 39.1. The molecule has 0 atom stereocenters. The zero-order valence-electron chi connectivity index (χ0n) is 56.7. The number of methoxy groups -OCH3 is 4. The van der Waals surface area contributed by atoms with Crippen molar-refractivity contribution in [2.45, 2.75) is 106 Å². The quantitative estimate of drug-likeness (QED) is 0.0177. The average Bonchev–Trinajstić information content (AvgIpc) is 1.62. The number of ether oxygens (including phenoxy) is 7. The van der Waals surface area contributed by atoms with Crippen molar-refractivity contribution >= 4 is 74.8 Å². The van der Waals surface area contributed by atoms with Crippen molar-refractivity contribution in [3.05, 3.63) is 166 Å². The number of hydrogen-bond acceptors (Lipinski definition) is 20. The molecule has 1 saturated heterocycles. The molecule has 23 heteroatoms. The Bertz CT molecular complexity index is 3830. The standard InChI is InChI=1S/C17H20N2O4.C16H20N2O5.C14H19NO2.C14H15NO.C12H19N3O2/c1-11-6-12(8-13(18)7-11)10-23-17(20)19-15-5-4-14(21-2)9-16(15)22-3;1-9-10-8-11(17)14(20-2)15(21-3)13(10)23-12(9)16(19)18-4-6-22-7-5-18;1-2-11(16)7-3-6-10-14(17)12-8-4-5-9-13(12)15;1-3-11-6-7-12(9-10(11)2)14-13(16)5-4-8-15-14;1-2-3-4-15-12(16)17-8-9-5-10(13)7-11(14)6-9/h4-9H,10,18H2,1-3H3,(H,19,20);8H,4-7,17H2,1-3H3;4-5,8-9H,2-3,6-7,10,15H2,1H3;4-9,16H,3H2,1-2H3;5-7H,2-4,8,13-14H2,1H3,(H,15,16). The zero-order chi connectivity index (χ0) is 70.3. The molecule has 0 radical (unpaired) electrons. The van der Waals surface area contributed by atoms with E-state index in [2.05, 4.69) is 48.5 Å². The normalized spacial score (nSPS) is 11.3. The molecular formula is C73H93N9O14. The summed E-state index contributed by atoms with van der Waals surface area (Å²) >= 11 is 0. The van der Waals surface area contributed by atoms with Gasteiger partial charge in [-0.3, -0.25) is 24.7 Å². The number of unbranched alkanes of at least 4 members (excludes halogenated alkanes) is 2. The summed E-state index contributed by atoms with van der Waals surface area (Å²) in [7, 11) is 6.10. The minimum atomic E-state index is -0.575. The number of Topliss-reactive ketones (excluding diaryl/α,β-unsaturated/α-hetero) is 2. The number of rotatable bonds is 22. The third-order valence-electron chi connectivity index (χ3n) is 15.0. The highest BCUT2D eigenvalue weighted by Gasteiger charge is 2.28. The Labute approximate surface area is 561 Å². The van der Waals surface area contributed by atoms with Crippen LogP contribution in [0.3, 0.4) is 0 Å². The number of aryl methyl sites for hydroxylation is 4. The van der Waals surface area contributed by atoms with Gasteiger partial charge in [0.15, 0.2) is 22.9 Å². The van der Waals surface area contributed by atoms with Crippen LogP contribution in [-0.2, 0) is 38.6 Å². The minimum absolute atomic E-state index is 0.0621. The summed E-state index contributed by atoms with van der Waals surface area (Å²) in [5.74, 6) is 2.62. The monoisotopic (exact) mass is 1320 g/mol. The van der Waals surface area contributed by atoms with Crippen LogP contribution in [0.15, 0.2) is 126 Å². The van der Waals surface area contributed by atoms with E-state index in [1.807, 2.05) is 51.1 Å². The molecule has 96 heavy (non-hydrogen) atoms. The van der Waals surface area contributed by atoms with Gasteiger partial charge >= 0.3 is 12.2 Å². The number of aromatic nitrogens is 1. The number of benzene rings is 6. The van der Waals surface area contributed by atoms with E-state index in [-0.39, 0.29) is 36.4 Å². The number of ketones is 2. The van der Waals surface area contributed by atoms with Crippen molar-refractivity contribution in [3.8, 4) is 40.0 Å². The van der Waals surface area contributed by atoms with E-state index in [4.69, 9.17) is 66.2 Å². The molecule has 13 N–H and O–H groups in total. The molecule has 1 aliphatic rings. The number of carbonyl (C=O) groups excluding carboxylic acids is 5. The molecular weight excluding hydrogens is 1230 g/mol. The number of carbonyl (C=O) groups is 5. The van der Waals surface area contributed by atoms with Crippen molar-refractivity contribution in [2.24, 2.45) is 0 Å². The molecule has 0 saturated carbocycles. The van der Waals surface area contributed by atoms with Crippen LogP contribution in [-0.4, -0.2) is 106 Å². The van der Waals surface area contributed by atoms with Gasteiger partial charge in [-0.15, -0.1) is 0 Å². The fourth-order valence-electron chi connectivity index (χ4n) is 9.93. The van der Waals surface area contributed by atoms with Crippen LogP contribution in [0.1, 0.15) is 120 Å². The highest BCUT2D eigenvalue weighted by Crippen LogP contribution is 2.44. The summed E-state index contributed by atoms with van der Waals surface area (Å²) in [4.78, 5) is 64.7. The van der Waals surface area contributed by atoms with Gasteiger partial charge in [0.2, 0.25) is 5.75 Å². The van der Waals surface area contributed by atoms with E-state index in [1.165, 1.54) is 32.5 Å². The van der Waals surface area contributed by atoms with Crippen molar-refractivity contribution in [1.29, 1.82) is 0 Å². The third kappa shape index (κ3) is 23.4. The Morgan fingerprint density at radius 2 is 1.31 bits per heavy atom. The van der Waals surface area contributed by atoms with E-state index >= 15 is 0 Å². The van der Waals surface area contributed by atoms with Gasteiger partial charge in [0, 0.05) is 96.0 Å². The summed E-state index contributed by atoms with van der Waals surface area (Å²) in [5, 5.41) is 15.8. The summed E-state index contributed by atoms with van der Waals surface area (Å²) in [6.07, 6.45) is 6.86. The first-order chi connectivity index (χ1) is 46.1. The van der Waals surface area contributed by atoms with Gasteiger partial charge in [0.1, 0.15) is 41.9 Å². The number of amides is 3. The van der Waals surface area contributed by atoms with Gasteiger partial charge in [-0.2, -0.15) is 0 Å². The number of pyridine rings is 1. The Hall–Kier alpha value is -10.7. The van der Waals surface area contributed by atoms with Gasteiger partial charge in [0.05, 0.1) is 53.0 Å². The first-order valence-corrected chi connectivity index (χ1v) is 31.6. The molecule has 9 rings (SSSR count). The minimum Gasteiger partial charge on any atom is -0.506 e. The SMILES string of the molecule is CCC(=O)CCCCC(=O)c1ccccc1N.CCCCNC(=O)OCc1cc(N)cc(N)c1.CCc1ccc(-c2ncccc2O)cc1C.COc1c(N)cc2c(C)c(C(=O)N3CCOCC3)oc2c1OC.COc1ccc(NC(=O)OCc2cc(C)cc(N)c2)c(OC)c1. The Kier molecular flexibility index (Phi) is 31.0. The molecule has 23 nitrogen and oxygen atoms in total. The van der Waals surface area contributed by atoms with Crippen molar-refractivity contribution < 1.29 is 66.7 Å². The number of nitrogens with one attached hydrogen (secondary N) is 2. The number of para-hydroxylation sites is 1. The van der Waals surface area contributed by atoms with Crippen molar-refractivity contribution in [2.75, 3.05) is 95.3 Å². The summed E-state index contributed by atoms with van der Waals surface area (Å²) < 4.78 is 42.3. The molecule has 0 aliphatic carbocycles. The summed E-state index contributed by atoms with van der Waals surface area (Å²) in [6.45, 7) is 15.0. The second-order valence-corrected chi connectivity index (χ2v) is 22.2. The van der Waals surface area contributed by atoms with Gasteiger partial charge in [-0.05, 0) is 153 Å². The Morgan fingerprint density at radius 1 is 0.656 bits per heavy atom. The molecule has 3 amide bonds. The first-order valence-electron chi connectivity index (χ1n) is 31.6. The lowest BCUT2D eigenvalue weighted by Gasteiger charge is -2.26. The lowest BCUT2D eigenvalue weighted by atomic mass is 10.0. The molecule has 2 aromatic heterocycles. The van der Waals surface area contributed by atoms with E-state index in [9.17, 15) is 29.1 Å². The molecule has 3 heterocycles. The maximum Gasteiger partial charge on any atom is 0.412 e. The van der Waals surface area contributed by atoms with E-state index < -0.39 is 12.2 Å². The number of furan rings is 1. The Balaban J connectivity index is 0.000000219. The predicted octanol–water partition coefficient (Wildman–Crippen LogP) is 13.3. The highest BCUT2D eigenvalue weighted by atomic mass is 16.6. The topological polar surface area (TPSA) is 354 Å². The number of anilines is 6. The molecule has 514 valence electrons. The van der Waals surface area contributed by atoms with Crippen LogP contribution in [0.4, 0.5) is 43.7 Å². The van der Waals surface area contributed by atoms with Gasteiger partial charge in [-0.25, -0.2) is 9.59 Å². The smallest absolute Gasteiger partial charge is 0.412 e. The number of hydrogen-bond donors (Lipinski definition) is 8. The van der Waals surface area contributed by atoms with Crippen molar-refractivity contribution in [3.63, 3.8) is 0 Å². The fourth-order valence-corrected chi connectivity index (χ4v) is 9.93. The molecule has 0 bridgehead atoms. The van der Waals surface area contributed by atoms with E-state index in [0.717, 1.165) is 65.3 Å². The number of fused-ring (bicyclic) bond motifs is 1. The van der Waals surface area contributed by atoms with Crippen LogP contribution in [0.5, 0.6) is 28.7 Å². The molecule has 0 spiro atoms. The largest absolute Gasteiger partial charge is 0.506 e. The van der Waals surface area contributed by atoms with Gasteiger partial charge in [-0.1, -0.05) is 57.5 Å². The van der Waals surface area contributed by atoms with Crippen molar-refractivity contribution in [1.82, 2.24) is 15.2 Å². The zero-order valence-corrected chi connectivity index (χ0v) is 56.7. The molecule has 1 aliphatic heterocycles. The Morgan fingerprint density at radius 3 is 1.92 bits per heavy atom. The first kappa shape index (κ1) is 76.0. The number of nitrogens with zero attached hydrogens (tertiary/aromatic N) is 2. The lowest BCUT2D eigenvalue weighted by Crippen LogP contribution is -2.40. The predicted molar refractivity (Wildman–Crippen MR) is 377 cm³/mol. The highest BCUT2D eigenvalue weighted by molar-refractivity contribution is 6.03. The summed E-state index contributed by atoms with van der Waals surface area (Å²) in [6, 6.07) is 34.1. The van der Waals surface area contributed by atoms with Gasteiger partial charge < -0.3 is 81.6 Å². The number of alkyl carbamates (subject to hydrolysis) is 1. The number of nitrogen functional groups attached to an aromatic ring is 5. The molecule has 1 fully saturated rings. The third-order valence-corrected chi connectivity index (χ3v) is 15.0. The van der Waals surface area contributed by atoms with E-state index in [0.29, 0.717) is 132 Å². The van der Waals surface area contributed by atoms with Gasteiger partial charge in [0.25, 0.3) is 5.91 Å². The van der Waals surface area contributed by atoms with Crippen LogP contribution < -0.4 is 58.2 Å². The second-order valence-electron chi connectivity index (χ2n) is 22.2. The maximum absolute atomic E-state index is 12.7. The fraction of sp³-hybridized carbons (Fsp3) is 0.342. The number of morpholine rings is 1. The number of nitrogens with two attached hydrogens (primary N) is 5. The van der Waals surface area contributed by atoms with Crippen LogP contribution in [0, 0.1) is 20.8 Å². The molecule has 0 unspecified atom stereocenters. The maximum atomic E-state index is 12.7. The van der Waals surface area contributed by atoms with Crippen LogP contribution >= 0.6 is 0 Å². The number of aromatic hydroxyl groups is 1. The van der Waals surface area contributed by atoms with Crippen LogP contribution in [0.2, 0.25) is 0 Å².